The van der Waals surface area contributed by atoms with Crippen LogP contribution in [-0.2, 0) is 9.53 Å². The van der Waals surface area contributed by atoms with E-state index in [0.717, 1.165) is 17.7 Å². The number of rotatable bonds is 10. The summed E-state index contributed by atoms with van der Waals surface area (Å²) in [6.45, 7) is 6.03. The van der Waals surface area contributed by atoms with E-state index in [4.69, 9.17) is 9.47 Å². The number of benzene rings is 1. The van der Waals surface area contributed by atoms with Crippen LogP contribution < -0.4 is 14.5 Å². The summed E-state index contributed by atoms with van der Waals surface area (Å²) in [6, 6.07) is 7.87. The number of hydrogen-bond donors (Lipinski definition) is 0. The molecule has 1 saturated heterocycles. The number of methoxy groups -OCH3 is 1. The molecule has 0 unspecified atom stereocenters. The summed E-state index contributed by atoms with van der Waals surface area (Å²) < 4.78 is 25.6. The summed E-state index contributed by atoms with van der Waals surface area (Å²) in [7, 11) is 3.49. The first-order valence-corrected chi connectivity index (χ1v) is 10.6. The van der Waals surface area contributed by atoms with E-state index in [1.165, 1.54) is 6.20 Å². The minimum Gasteiger partial charge on any atom is -0.489 e. The lowest BCUT2D eigenvalue weighted by Crippen LogP contribution is -2.28. The number of ether oxygens (including phenoxy) is 2. The lowest BCUT2D eigenvalue weighted by atomic mass is 9.96. The molecule has 0 N–H and O–H groups in total. The second-order valence-corrected chi connectivity index (χ2v) is 8.11. The number of Topliss-reactive ketones (excluding diaryl/α,β-unsaturated/α-hetero) is 1. The van der Waals surface area contributed by atoms with Crippen LogP contribution in [0.1, 0.15) is 38.2 Å². The molecule has 1 fully saturated rings. The second-order valence-electron chi connectivity index (χ2n) is 8.11. The molecule has 0 spiro atoms. The Balaban J connectivity index is 1.61. The van der Waals surface area contributed by atoms with Gasteiger partial charge in [-0.2, -0.15) is 4.98 Å². The highest BCUT2D eigenvalue weighted by atomic mass is 19.1. The van der Waals surface area contributed by atoms with E-state index in [1.807, 2.05) is 48.0 Å². The van der Waals surface area contributed by atoms with Gasteiger partial charge in [0.1, 0.15) is 17.6 Å². The van der Waals surface area contributed by atoms with Gasteiger partial charge in [-0.05, 0) is 30.5 Å². The van der Waals surface area contributed by atoms with Crippen molar-refractivity contribution >= 4 is 17.5 Å². The van der Waals surface area contributed by atoms with Gasteiger partial charge in [0.15, 0.2) is 11.6 Å². The van der Waals surface area contributed by atoms with E-state index < -0.39 is 5.82 Å². The van der Waals surface area contributed by atoms with E-state index in [9.17, 15) is 9.18 Å². The van der Waals surface area contributed by atoms with Crippen molar-refractivity contribution in [3.05, 3.63) is 41.8 Å². The van der Waals surface area contributed by atoms with Crippen LogP contribution in [-0.4, -0.2) is 62.3 Å². The molecule has 0 amide bonds. The van der Waals surface area contributed by atoms with Crippen molar-refractivity contribution in [2.75, 3.05) is 50.2 Å². The molecule has 0 aliphatic carbocycles. The molecule has 2 aromatic rings. The number of nitrogens with zero attached hydrogens (tertiary/aromatic N) is 4. The number of carbonyl (C=O) groups excluding carboxylic acids is 1. The molecule has 0 radical (unpaired) electrons. The third-order valence-corrected chi connectivity index (χ3v) is 5.48. The van der Waals surface area contributed by atoms with Crippen molar-refractivity contribution in [2.24, 2.45) is 0 Å². The Morgan fingerprint density at radius 1 is 1.35 bits per heavy atom. The summed E-state index contributed by atoms with van der Waals surface area (Å²) in [4.78, 5) is 23.6. The van der Waals surface area contributed by atoms with Crippen molar-refractivity contribution in [1.29, 1.82) is 0 Å². The van der Waals surface area contributed by atoms with Crippen molar-refractivity contribution < 1.29 is 18.7 Å². The van der Waals surface area contributed by atoms with Gasteiger partial charge in [0.05, 0.1) is 19.3 Å². The fourth-order valence-electron chi connectivity index (χ4n) is 3.72. The molecular weight excluding hydrogens is 399 g/mol. The average molecular weight is 431 g/mol. The van der Waals surface area contributed by atoms with Crippen LogP contribution in [0.25, 0.3) is 0 Å². The van der Waals surface area contributed by atoms with Crippen LogP contribution in [0.5, 0.6) is 5.75 Å². The van der Waals surface area contributed by atoms with E-state index >= 15 is 0 Å². The molecule has 1 aromatic heterocycles. The summed E-state index contributed by atoms with van der Waals surface area (Å²) in [5.41, 5.74) is 1.11. The number of likely N-dealkylation sites (N-methyl/N-ethyl adjacent to an activating group) is 1. The maximum atomic E-state index is 14.4. The molecule has 168 valence electrons. The smallest absolute Gasteiger partial charge is 0.227 e. The molecule has 31 heavy (non-hydrogen) atoms. The molecular formula is C23H31FN4O3. The Morgan fingerprint density at radius 2 is 2.10 bits per heavy atom. The monoisotopic (exact) mass is 430 g/mol. The van der Waals surface area contributed by atoms with Gasteiger partial charge in [0, 0.05) is 40.1 Å². The molecule has 1 aliphatic rings. The number of ketones is 1. The van der Waals surface area contributed by atoms with Crippen LogP contribution in [0.2, 0.25) is 0 Å². The zero-order chi connectivity index (χ0) is 22.4. The van der Waals surface area contributed by atoms with Gasteiger partial charge >= 0.3 is 0 Å². The molecule has 3 rings (SSSR count). The van der Waals surface area contributed by atoms with Gasteiger partial charge in [0.25, 0.3) is 0 Å². The highest BCUT2D eigenvalue weighted by Gasteiger charge is 2.28. The quantitative estimate of drug-likeness (QED) is 0.572. The van der Waals surface area contributed by atoms with Crippen molar-refractivity contribution in [2.45, 2.75) is 38.7 Å². The van der Waals surface area contributed by atoms with Crippen LogP contribution in [0, 0.1) is 5.82 Å². The maximum absolute atomic E-state index is 14.4. The van der Waals surface area contributed by atoms with Crippen LogP contribution in [0.15, 0.2) is 30.5 Å². The van der Waals surface area contributed by atoms with E-state index in [2.05, 4.69) is 9.97 Å². The normalized spacial score (nSPS) is 16.9. The van der Waals surface area contributed by atoms with Crippen LogP contribution in [0.3, 0.4) is 0 Å². The largest absolute Gasteiger partial charge is 0.489 e. The third kappa shape index (κ3) is 6.13. The lowest BCUT2D eigenvalue weighted by molar-refractivity contribution is -0.117. The summed E-state index contributed by atoms with van der Waals surface area (Å²) in [5, 5.41) is 0. The molecule has 1 aromatic carbocycles. The summed E-state index contributed by atoms with van der Waals surface area (Å²) in [6.07, 6.45) is 2.48. The van der Waals surface area contributed by atoms with Crippen molar-refractivity contribution in [3.63, 3.8) is 0 Å². The Hall–Kier alpha value is -2.74. The first-order chi connectivity index (χ1) is 14.9. The zero-order valence-corrected chi connectivity index (χ0v) is 18.7. The lowest BCUT2D eigenvalue weighted by Gasteiger charge is -2.22. The van der Waals surface area contributed by atoms with E-state index in [0.29, 0.717) is 44.4 Å². The standard InChI is InChI=1S/C23H31FN4O3/c1-16(13-17(2)29)18-5-7-19(8-6-18)31-20-9-10-28(15-20)22-21(24)14-25-23(26-22)27(3)11-12-30-4/h5-8,14,16,20H,9-13,15H2,1-4H3/t16-,20-/m1/s1. The Labute approximate surface area is 183 Å². The van der Waals surface area contributed by atoms with Gasteiger partial charge in [-0.1, -0.05) is 19.1 Å². The van der Waals surface area contributed by atoms with Crippen molar-refractivity contribution in [1.82, 2.24) is 9.97 Å². The summed E-state index contributed by atoms with van der Waals surface area (Å²) in [5.74, 6) is 1.47. The van der Waals surface area contributed by atoms with Gasteiger partial charge in [-0.15, -0.1) is 0 Å². The predicted octanol–water partition coefficient (Wildman–Crippen LogP) is 3.44. The SMILES string of the molecule is COCCN(C)c1ncc(F)c(N2CC[C@@H](Oc3ccc([C@H](C)CC(C)=O)cc3)C2)n1. The average Bonchev–Trinajstić information content (AvgIpc) is 3.20. The Morgan fingerprint density at radius 3 is 2.77 bits per heavy atom. The highest BCUT2D eigenvalue weighted by molar-refractivity contribution is 5.76. The van der Waals surface area contributed by atoms with Gasteiger partial charge in [-0.3, -0.25) is 0 Å². The van der Waals surface area contributed by atoms with E-state index in [-0.39, 0.29) is 17.8 Å². The minimum absolute atomic E-state index is 0.0514. The molecule has 8 heteroatoms. The number of carbonyl (C=O) groups is 1. The zero-order valence-electron chi connectivity index (χ0n) is 18.7. The number of aromatic nitrogens is 2. The molecule has 2 atom stereocenters. The molecule has 2 heterocycles. The van der Waals surface area contributed by atoms with Gasteiger partial charge < -0.3 is 24.1 Å². The number of anilines is 2. The Bertz CT molecular complexity index is 878. The topological polar surface area (TPSA) is 67.8 Å². The minimum atomic E-state index is -0.437. The predicted molar refractivity (Wildman–Crippen MR) is 119 cm³/mol. The molecule has 0 saturated carbocycles. The van der Waals surface area contributed by atoms with E-state index in [1.54, 1.807) is 14.0 Å². The summed E-state index contributed by atoms with van der Waals surface area (Å²) >= 11 is 0. The first kappa shape index (κ1) is 22.9. The van der Waals surface area contributed by atoms with Gasteiger partial charge in [0.2, 0.25) is 5.95 Å². The van der Waals surface area contributed by atoms with Gasteiger partial charge in [-0.25, -0.2) is 9.37 Å². The van der Waals surface area contributed by atoms with Crippen LogP contribution >= 0.6 is 0 Å². The third-order valence-electron chi connectivity index (χ3n) is 5.48. The Kier molecular flexibility index (Phi) is 7.79. The van der Waals surface area contributed by atoms with Crippen molar-refractivity contribution in [3.8, 4) is 5.75 Å². The number of hydrogen-bond acceptors (Lipinski definition) is 7. The number of halogens is 1. The fourth-order valence-corrected chi connectivity index (χ4v) is 3.72. The second kappa shape index (κ2) is 10.5. The maximum Gasteiger partial charge on any atom is 0.227 e. The first-order valence-electron chi connectivity index (χ1n) is 10.6. The molecule has 1 aliphatic heterocycles. The highest BCUT2D eigenvalue weighted by Crippen LogP contribution is 2.27. The molecule has 7 nitrogen and oxygen atoms in total. The van der Waals surface area contributed by atoms with Crippen LogP contribution in [0.4, 0.5) is 16.2 Å². The fraction of sp³-hybridized carbons (Fsp3) is 0.522. The molecule has 0 bridgehead atoms.